The van der Waals surface area contributed by atoms with Crippen LogP contribution in [0.25, 0.3) is 11.4 Å². The van der Waals surface area contributed by atoms with Crippen LogP contribution >= 0.6 is 27.7 Å². The number of nitrogens with one attached hydrogen (secondary N) is 1. The molecule has 0 aliphatic heterocycles. The molecule has 1 aromatic carbocycles. The zero-order valence-electron chi connectivity index (χ0n) is 15.3. The summed E-state index contributed by atoms with van der Waals surface area (Å²) in [5.74, 6) is 0.692. The number of carbonyl (C=O) groups is 1. The van der Waals surface area contributed by atoms with Gasteiger partial charge >= 0.3 is 0 Å². The third-order valence-electron chi connectivity index (χ3n) is 4.01. The number of amides is 1. The van der Waals surface area contributed by atoms with Crippen molar-refractivity contribution in [1.82, 2.24) is 19.7 Å². The van der Waals surface area contributed by atoms with Crippen molar-refractivity contribution in [3.05, 3.63) is 52.8 Å². The first-order valence-electron chi connectivity index (χ1n) is 8.57. The first-order valence-corrected chi connectivity index (χ1v) is 10.2. The van der Waals surface area contributed by atoms with Gasteiger partial charge in [0, 0.05) is 29.0 Å². The third-order valence-corrected chi connectivity index (χ3v) is 5.74. The van der Waals surface area contributed by atoms with Crippen LogP contribution < -0.4 is 5.32 Å². The van der Waals surface area contributed by atoms with Gasteiger partial charge < -0.3 is 9.88 Å². The van der Waals surface area contributed by atoms with E-state index in [0.717, 1.165) is 32.3 Å². The molecule has 0 aliphatic rings. The number of nitrogens with zero attached hydrogens (tertiary/aromatic N) is 4. The zero-order chi connectivity index (χ0) is 19.4. The lowest BCUT2D eigenvalue weighted by Crippen LogP contribution is -2.23. The minimum absolute atomic E-state index is 0.0827. The lowest BCUT2D eigenvalue weighted by atomic mass is 10.2. The van der Waals surface area contributed by atoms with E-state index in [0.29, 0.717) is 6.54 Å². The maximum Gasteiger partial charge on any atom is 0.237 e. The number of carbonyl (C=O) groups excluding carboxylic acids is 1. The SMILES string of the molecule is CCn1c(SC(C)C(=O)Nc2ccc(C)cc2Br)nnc1-c1ccncc1. The second kappa shape index (κ2) is 8.67. The molecule has 0 bridgehead atoms. The van der Waals surface area contributed by atoms with Gasteiger partial charge in [0.2, 0.25) is 5.91 Å². The Kier molecular flexibility index (Phi) is 6.28. The molecule has 1 unspecified atom stereocenters. The monoisotopic (exact) mass is 445 g/mol. The summed E-state index contributed by atoms with van der Waals surface area (Å²) in [6.45, 7) is 6.62. The first kappa shape index (κ1) is 19.6. The normalized spacial score (nSPS) is 12.0. The molecule has 140 valence electrons. The molecule has 3 rings (SSSR count). The van der Waals surface area contributed by atoms with Gasteiger partial charge in [-0.1, -0.05) is 17.8 Å². The molecule has 8 heteroatoms. The van der Waals surface area contributed by atoms with Crippen molar-refractivity contribution in [2.75, 3.05) is 5.32 Å². The van der Waals surface area contributed by atoms with E-state index in [2.05, 4.69) is 36.4 Å². The fourth-order valence-electron chi connectivity index (χ4n) is 2.54. The molecule has 0 saturated carbocycles. The Morgan fingerprint density at radius 1 is 1.26 bits per heavy atom. The van der Waals surface area contributed by atoms with Crippen molar-refractivity contribution >= 4 is 39.3 Å². The van der Waals surface area contributed by atoms with Gasteiger partial charge in [0.25, 0.3) is 0 Å². The van der Waals surface area contributed by atoms with E-state index in [1.165, 1.54) is 11.8 Å². The summed E-state index contributed by atoms with van der Waals surface area (Å²) < 4.78 is 2.87. The summed E-state index contributed by atoms with van der Waals surface area (Å²) in [6, 6.07) is 9.63. The van der Waals surface area contributed by atoms with Crippen LogP contribution in [0.4, 0.5) is 5.69 Å². The topological polar surface area (TPSA) is 72.7 Å². The smallest absolute Gasteiger partial charge is 0.237 e. The van der Waals surface area contributed by atoms with E-state index in [-0.39, 0.29) is 11.2 Å². The summed E-state index contributed by atoms with van der Waals surface area (Å²) in [6.07, 6.45) is 3.46. The maximum absolute atomic E-state index is 12.6. The van der Waals surface area contributed by atoms with E-state index in [1.54, 1.807) is 12.4 Å². The number of hydrogen-bond acceptors (Lipinski definition) is 5. The van der Waals surface area contributed by atoms with E-state index in [4.69, 9.17) is 0 Å². The number of rotatable bonds is 6. The molecule has 0 radical (unpaired) electrons. The van der Waals surface area contributed by atoms with Crippen LogP contribution in [0.2, 0.25) is 0 Å². The van der Waals surface area contributed by atoms with Crippen molar-refractivity contribution in [3.63, 3.8) is 0 Å². The number of halogens is 1. The summed E-state index contributed by atoms with van der Waals surface area (Å²) in [5, 5.41) is 11.9. The summed E-state index contributed by atoms with van der Waals surface area (Å²) in [4.78, 5) is 16.6. The molecular formula is C19H20BrN5OS. The highest BCUT2D eigenvalue weighted by Crippen LogP contribution is 2.28. The first-order chi connectivity index (χ1) is 13.0. The standard InChI is InChI=1S/C19H20BrN5OS/c1-4-25-17(14-7-9-21-10-8-14)23-24-19(25)27-13(3)18(26)22-16-6-5-12(2)11-15(16)20/h5-11,13H,4H2,1-3H3,(H,22,26). The largest absolute Gasteiger partial charge is 0.324 e. The lowest BCUT2D eigenvalue weighted by molar-refractivity contribution is -0.115. The van der Waals surface area contributed by atoms with Crippen molar-refractivity contribution in [2.45, 2.75) is 37.7 Å². The molecule has 2 aromatic heterocycles. The fraction of sp³-hybridized carbons (Fsp3) is 0.263. The maximum atomic E-state index is 12.6. The zero-order valence-corrected chi connectivity index (χ0v) is 17.7. The summed E-state index contributed by atoms with van der Waals surface area (Å²) in [7, 11) is 0. The molecule has 1 amide bonds. The average molecular weight is 446 g/mol. The minimum Gasteiger partial charge on any atom is -0.324 e. The van der Waals surface area contributed by atoms with E-state index >= 15 is 0 Å². The molecule has 0 fully saturated rings. The molecule has 6 nitrogen and oxygen atoms in total. The van der Waals surface area contributed by atoms with Gasteiger partial charge in [-0.3, -0.25) is 9.78 Å². The van der Waals surface area contributed by atoms with Crippen LogP contribution in [0.1, 0.15) is 19.4 Å². The highest BCUT2D eigenvalue weighted by Gasteiger charge is 2.21. The van der Waals surface area contributed by atoms with Gasteiger partial charge in [0.1, 0.15) is 0 Å². The van der Waals surface area contributed by atoms with Crippen LogP contribution in [0.3, 0.4) is 0 Å². The van der Waals surface area contributed by atoms with Gasteiger partial charge in [-0.15, -0.1) is 10.2 Å². The Hall–Kier alpha value is -2.19. The number of aryl methyl sites for hydroxylation is 1. The predicted molar refractivity (Wildman–Crippen MR) is 112 cm³/mol. The third kappa shape index (κ3) is 4.56. The molecule has 1 atom stereocenters. The van der Waals surface area contributed by atoms with Gasteiger partial charge in [-0.05, 0) is 66.5 Å². The fourth-order valence-corrected chi connectivity index (χ4v) is 4.05. The summed E-state index contributed by atoms with van der Waals surface area (Å²) >= 11 is 4.88. The Morgan fingerprint density at radius 3 is 2.67 bits per heavy atom. The molecule has 0 spiro atoms. The number of benzene rings is 1. The second-order valence-corrected chi connectivity index (χ2v) is 8.18. The predicted octanol–water partition coefficient (Wildman–Crippen LogP) is 4.55. The Labute approximate surface area is 170 Å². The molecule has 1 N–H and O–H groups in total. The van der Waals surface area contributed by atoms with Crippen molar-refractivity contribution in [3.8, 4) is 11.4 Å². The summed E-state index contributed by atoms with van der Waals surface area (Å²) in [5.41, 5.74) is 2.83. The second-order valence-electron chi connectivity index (χ2n) is 6.02. The van der Waals surface area contributed by atoms with Crippen LogP contribution in [0, 0.1) is 6.92 Å². The highest BCUT2D eigenvalue weighted by molar-refractivity contribution is 9.10. The molecule has 2 heterocycles. The number of anilines is 1. The van der Waals surface area contributed by atoms with E-state index in [1.807, 2.05) is 55.7 Å². The van der Waals surface area contributed by atoms with Crippen molar-refractivity contribution in [2.24, 2.45) is 0 Å². The quantitative estimate of drug-likeness (QED) is 0.563. The minimum atomic E-state index is -0.321. The van der Waals surface area contributed by atoms with Gasteiger partial charge in [0.05, 0.1) is 10.9 Å². The van der Waals surface area contributed by atoms with Gasteiger partial charge in [-0.2, -0.15) is 0 Å². The van der Waals surface area contributed by atoms with Crippen molar-refractivity contribution in [1.29, 1.82) is 0 Å². The number of thioether (sulfide) groups is 1. The molecule has 0 aliphatic carbocycles. The average Bonchev–Trinajstić information content (AvgIpc) is 3.07. The number of pyridine rings is 1. The molecule has 3 aromatic rings. The highest BCUT2D eigenvalue weighted by atomic mass is 79.9. The van der Waals surface area contributed by atoms with Crippen LogP contribution in [0.15, 0.2) is 52.4 Å². The van der Waals surface area contributed by atoms with E-state index < -0.39 is 0 Å². The lowest BCUT2D eigenvalue weighted by Gasteiger charge is -2.14. The van der Waals surface area contributed by atoms with Crippen molar-refractivity contribution < 1.29 is 4.79 Å². The number of hydrogen-bond donors (Lipinski definition) is 1. The number of aromatic nitrogens is 4. The van der Waals surface area contributed by atoms with Crippen LogP contribution in [0.5, 0.6) is 0 Å². The van der Waals surface area contributed by atoms with Crippen LogP contribution in [-0.2, 0) is 11.3 Å². The molecule has 27 heavy (non-hydrogen) atoms. The Bertz CT molecular complexity index is 945. The Morgan fingerprint density at radius 2 is 2.00 bits per heavy atom. The molecule has 0 saturated heterocycles. The van der Waals surface area contributed by atoms with E-state index in [9.17, 15) is 4.79 Å². The van der Waals surface area contributed by atoms with Gasteiger partial charge in [0.15, 0.2) is 11.0 Å². The molecular weight excluding hydrogens is 426 g/mol. The van der Waals surface area contributed by atoms with Gasteiger partial charge in [-0.25, -0.2) is 0 Å². The Balaban J connectivity index is 1.75. The van der Waals surface area contributed by atoms with Crippen LogP contribution in [-0.4, -0.2) is 30.9 Å².